The molecule has 1 aromatic carbocycles. The van der Waals surface area contributed by atoms with Crippen molar-refractivity contribution in [2.45, 2.75) is 49.5 Å². The van der Waals surface area contributed by atoms with E-state index in [1.54, 1.807) is 4.68 Å². The maximum absolute atomic E-state index is 13.2. The minimum atomic E-state index is -3.50. The summed E-state index contributed by atoms with van der Waals surface area (Å²) in [6.45, 7) is 3.29. The Morgan fingerprint density at radius 1 is 1.42 bits per heavy atom. The first kappa shape index (κ1) is 20.5. The van der Waals surface area contributed by atoms with E-state index in [-0.39, 0.29) is 10.9 Å². The predicted octanol–water partition coefficient (Wildman–Crippen LogP) is 2.46. The van der Waals surface area contributed by atoms with Crippen LogP contribution in [0.25, 0.3) is 0 Å². The topological polar surface area (TPSA) is 115 Å². The van der Waals surface area contributed by atoms with Gasteiger partial charge >= 0.3 is 6.03 Å². The number of carbonyl (C=O) groups is 1. The maximum Gasteiger partial charge on any atom is 0.354 e. The number of amides is 2. The van der Waals surface area contributed by atoms with Gasteiger partial charge in [-0.05, 0) is 68.0 Å². The number of hydrogen-bond acceptors (Lipinski definition) is 5. The van der Waals surface area contributed by atoms with E-state index in [4.69, 9.17) is 9.88 Å². The molecule has 3 N–H and O–H groups in total. The van der Waals surface area contributed by atoms with Crippen LogP contribution in [0, 0.1) is 0 Å². The molecule has 166 valence electrons. The first-order chi connectivity index (χ1) is 14.7. The van der Waals surface area contributed by atoms with Gasteiger partial charge in [0.25, 0.3) is 0 Å². The molecule has 2 heterocycles. The molecule has 1 unspecified atom stereocenters. The monoisotopic (exact) mass is 444 g/mol. The van der Waals surface area contributed by atoms with Crippen LogP contribution in [-0.2, 0) is 29.2 Å². The maximum atomic E-state index is 13.2. The van der Waals surface area contributed by atoms with Crippen LogP contribution >= 0.6 is 0 Å². The minimum absolute atomic E-state index is 0.00462. The second-order valence-electron chi connectivity index (χ2n) is 9.00. The zero-order valence-corrected chi connectivity index (χ0v) is 18.9. The second kappa shape index (κ2) is 7.32. The van der Waals surface area contributed by atoms with Crippen LogP contribution in [0.2, 0.25) is 0 Å². The quantitative estimate of drug-likeness (QED) is 0.752. The zero-order valence-electron chi connectivity index (χ0n) is 18.1. The van der Waals surface area contributed by atoms with E-state index in [0.717, 1.165) is 37.9 Å². The van der Waals surface area contributed by atoms with Gasteiger partial charge in [-0.15, -0.1) is 4.36 Å². The zero-order chi connectivity index (χ0) is 21.9. The molecule has 0 saturated heterocycles. The van der Waals surface area contributed by atoms with Gasteiger partial charge in [0, 0.05) is 12.2 Å². The number of hydrogen-bond donors (Lipinski definition) is 2. The third-order valence-electron chi connectivity index (χ3n) is 6.36. The fourth-order valence-electron chi connectivity index (χ4n) is 5.03. The number of urea groups is 1. The highest BCUT2D eigenvalue weighted by Crippen LogP contribution is 2.45. The molecule has 3 atom stereocenters. The largest absolute Gasteiger partial charge is 0.475 e. The summed E-state index contributed by atoms with van der Waals surface area (Å²) >= 11 is 0. The molecule has 10 heteroatoms. The average Bonchev–Trinajstić information content (AvgIpc) is 3.37. The van der Waals surface area contributed by atoms with Gasteiger partial charge in [-0.3, -0.25) is 0 Å². The Hall–Kier alpha value is -2.43. The van der Waals surface area contributed by atoms with Crippen LogP contribution in [0.3, 0.4) is 0 Å². The molecule has 2 aliphatic carbocycles. The highest BCUT2D eigenvalue weighted by atomic mass is 32.2. The van der Waals surface area contributed by atoms with Crippen LogP contribution in [0.15, 0.2) is 21.5 Å². The third kappa shape index (κ3) is 3.42. The molecule has 0 fully saturated rings. The molecular weight excluding hydrogens is 416 g/mol. The first-order valence-electron chi connectivity index (χ1n) is 10.6. The second-order valence-corrected chi connectivity index (χ2v) is 10.8. The van der Waals surface area contributed by atoms with Crippen LogP contribution in [0.1, 0.15) is 47.6 Å². The molecule has 9 nitrogen and oxygen atoms in total. The average molecular weight is 445 g/mol. The van der Waals surface area contributed by atoms with Gasteiger partial charge in [0.15, 0.2) is 9.92 Å². The number of nitrogens with one attached hydrogen (secondary N) is 1. The van der Waals surface area contributed by atoms with E-state index in [9.17, 15) is 9.00 Å². The molecule has 2 amide bonds. The minimum Gasteiger partial charge on any atom is -0.475 e. The number of nitrogens with zero attached hydrogens (tertiary/aromatic N) is 4. The van der Waals surface area contributed by atoms with Crippen molar-refractivity contribution in [2.75, 3.05) is 32.6 Å². The number of aryl methyl sites for hydroxylation is 1. The van der Waals surface area contributed by atoms with E-state index >= 15 is 0 Å². The van der Waals surface area contributed by atoms with E-state index < -0.39 is 15.9 Å². The summed E-state index contributed by atoms with van der Waals surface area (Å²) in [6, 6.07) is 1.57. The SMILES string of the molecule is C[C@@H]1Cc2cc3c(c(NC(=O)N=S(N)(=O)c4cnn5c4OC[C@H]5CN(C)C)c21)CCC3. The van der Waals surface area contributed by atoms with Crippen molar-refractivity contribution in [3.63, 3.8) is 0 Å². The van der Waals surface area contributed by atoms with Crippen molar-refractivity contribution < 1.29 is 13.7 Å². The lowest BCUT2D eigenvalue weighted by Gasteiger charge is -2.31. The number of anilines is 1. The van der Waals surface area contributed by atoms with E-state index in [1.807, 2.05) is 19.0 Å². The van der Waals surface area contributed by atoms with Crippen LogP contribution in [0.5, 0.6) is 5.88 Å². The van der Waals surface area contributed by atoms with Gasteiger partial charge in [0.2, 0.25) is 5.88 Å². The summed E-state index contributed by atoms with van der Waals surface area (Å²) in [6.07, 6.45) is 5.45. The fraction of sp³-hybridized carbons (Fsp3) is 0.524. The van der Waals surface area contributed by atoms with Crippen molar-refractivity contribution in [2.24, 2.45) is 9.50 Å². The van der Waals surface area contributed by atoms with E-state index in [1.165, 1.54) is 28.5 Å². The molecular formula is C21H28N6O3S. The van der Waals surface area contributed by atoms with E-state index in [2.05, 4.69) is 27.8 Å². The van der Waals surface area contributed by atoms with Crippen molar-refractivity contribution in [3.8, 4) is 5.88 Å². The summed E-state index contributed by atoms with van der Waals surface area (Å²) in [5, 5.41) is 13.2. The summed E-state index contributed by atoms with van der Waals surface area (Å²) in [7, 11) is 0.419. The predicted molar refractivity (Wildman–Crippen MR) is 118 cm³/mol. The standard InChI is InChI=1S/C21H28N6O3S/c1-12-7-14-8-13-5-4-6-16(13)19(18(12)14)24-21(28)25-31(22,29)17-9-23-27-15(10-26(2)3)11-30-20(17)27/h8-9,12,15H,4-7,10-11H2,1-3H3,(H3,22,24,25,28,29)/t12-,15-,31?/m1/s1. The Kier molecular flexibility index (Phi) is 4.83. The summed E-state index contributed by atoms with van der Waals surface area (Å²) in [4.78, 5) is 15.0. The number of aromatic nitrogens is 2. The molecule has 0 saturated carbocycles. The molecule has 3 aliphatic rings. The summed E-state index contributed by atoms with van der Waals surface area (Å²) in [5.41, 5.74) is 5.78. The molecule has 0 bridgehead atoms. The fourth-order valence-corrected chi connectivity index (χ4v) is 6.02. The number of carbonyl (C=O) groups excluding carboxylic acids is 1. The lowest BCUT2D eigenvalue weighted by Crippen LogP contribution is -2.24. The number of rotatable bonds is 4. The molecule has 0 spiro atoms. The Bertz CT molecular complexity index is 1190. The first-order valence-corrected chi connectivity index (χ1v) is 12.2. The Morgan fingerprint density at radius 3 is 2.97 bits per heavy atom. The van der Waals surface area contributed by atoms with Gasteiger partial charge < -0.3 is 15.0 Å². The molecule has 1 aliphatic heterocycles. The van der Waals surface area contributed by atoms with Gasteiger partial charge in [0.1, 0.15) is 17.5 Å². The van der Waals surface area contributed by atoms with Gasteiger partial charge in [0.05, 0.1) is 6.20 Å². The smallest absolute Gasteiger partial charge is 0.354 e. The Labute approximate surface area is 182 Å². The van der Waals surface area contributed by atoms with Gasteiger partial charge in [-0.1, -0.05) is 13.0 Å². The number of nitrogens with two attached hydrogens (primary N) is 1. The van der Waals surface area contributed by atoms with Gasteiger partial charge in [-0.2, -0.15) is 5.10 Å². The van der Waals surface area contributed by atoms with Crippen LogP contribution in [-0.4, -0.2) is 52.2 Å². The summed E-state index contributed by atoms with van der Waals surface area (Å²) < 4.78 is 24.5. The van der Waals surface area contributed by atoms with Gasteiger partial charge in [-0.25, -0.2) is 18.8 Å². The van der Waals surface area contributed by atoms with Crippen molar-refractivity contribution in [3.05, 3.63) is 34.5 Å². The number of fused-ring (bicyclic) bond motifs is 3. The molecule has 2 aromatic rings. The lowest BCUT2D eigenvalue weighted by molar-refractivity contribution is 0.260. The van der Waals surface area contributed by atoms with Crippen molar-refractivity contribution in [1.82, 2.24) is 14.7 Å². The number of ether oxygens (including phenoxy) is 1. The normalized spacial score (nSPS) is 22.7. The molecule has 1 aromatic heterocycles. The van der Waals surface area contributed by atoms with Crippen molar-refractivity contribution in [1.29, 1.82) is 0 Å². The highest BCUT2D eigenvalue weighted by molar-refractivity contribution is 7.91. The summed E-state index contributed by atoms with van der Waals surface area (Å²) in [5.74, 6) is 0.716. The molecule has 5 rings (SSSR count). The molecule has 0 radical (unpaired) electrons. The Morgan fingerprint density at radius 2 is 2.23 bits per heavy atom. The Balaban J connectivity index is 1.44. The van der Waals surface area contributed by atoms with Crippen LogP contribution < -0.4 is 15.2 Å². The lowest BCUT2D eigenvalue weighted by atomic mass is 9.75. The van der Waals surface area contributed by atoms with Crippen LogP contribution in [0.4, 0.5) is 10.5 Å². The van der Waals surface area contributed by atoms with Crippen molar-refractivity contribution >= 4 is 21.6 Å². The number of benzene rings is 1. The third-order valence-corrected chi connectivity index (χ3v) is 7.71. The van der Waals surface area contributed by atoms with E-state index in [0.29, 0.717) is 18.4 Å². The highest BCUT2D eigenvalue weighted by Gasteiger charge is 2.33. The molecule has 31 heavy (non-hydrogen) atoms. The number of likely N-dealkylation sites (N-methyl/N-ethyl adjacent to an activating group) is 1.